The van der Waals surface area contributed by atoms with Crippen molar-refractivity contribution in [2.75, 3.05) is 12.1 Å². The van der Waals surface area contributed by atoms with Crippen molar-refractivity contribution >= 4 is 23.2 Å². The predicted molar refractivity (Wildman–Crippen MR) is 88.9 cm³/mol. The molecule has 1 heterocycles. The Bertz CT molecular complexity index is 769. The summed E-state index contributed by atoms with van der Waals surface area (Å²) in [5.74, 6) is 0.705. The zero-order valence-corrected chi connectivity index (χ0v) is 13.7. The molecule has 0 spiro atoms. The Labute approximate surface area is 143 Å². The number of nitrogens with one attached hydrogen (secondary N) is 2. The van der Waals surface area contributed by atoms with Crippen molar-refractivity contribution in [1.82, 2.24) is 5.32 Å². The number of hydrogen-bond donors (Lipinski definition) is 2. The van der Waals surface area contributed by atoms with Crippen LogP contribution in [0.1, 0.15) is 12.5 Å². The summed E-state index contributed by atoms with van der Waals surface area (Å²) in [5.41, 5.74) is 1.35. The highest BCUT2D eigenvalue weighted by atomic mass is 35.5. The Morgan fingerprint density at radius 1 is 1.25 bits per heavy atom. The molecule has 0 saturated carbocycles. The summed E-state index contributed by atoms with van der Waals surface area (Å²) in [5, 5.41) is 5.94. The predicted octanol–water partition coefficient (Wildman–Crippen LogP) is 3.32. The minimum atomic E-state index is -0.462. The number of rotatable bonds is 5. The fourth-order valence-electron chi connectivity index (χ4n) is 2.25. The topological polar surface area (TPSA) is 59.6 Å². The molecule has 1 aliphatic heterocycles. The molecule has 0 radical (unpaired) electrons. The van der Waals surface area contributed by atoms with Crippen LogP contribution in [-0.2, 0) is 11.3 Å². The molecule has 2 aromatic rings. The van der Waals surface area contributed by atoms with Gasteiger partial charge in [0.15, 0.2) is 11.5 Å². The van der Waals surface area contributed by atoms with Crippen molar-refractivity contribution in [2.45, 2.75) is 19.5 Å². The minimum absolute atomic E-state index is 0.159. The summed E-state index contributed by atoms with van der Waals surface area (Å²) in [7, 11) is 0. The van der Waals surface area contributed by atoms with E-state index in [1.54, 1.807) is 6.92 Å². The quantitative estimate of drug-likeness (QED) is 0.868. The summed E-state index contributed by atoms with van der Waals surface area (Å²) in [4.78, 5) is 12.2. The monoisotopic (exact) mass is 350 g/mol. The molecule has 126 valence electrons. The molecule has 3 rings (SSSR count). The van der Waals surface area contributed by atoms with E-state index in [1.807, 2.05) is 18.2 Å². The second-order valence-corrected chi connectivity index (χ2v) is 5.81. The number of benzene rings is 2. The maximum atomic E-state index is 13.0. The zero-order chi connectivity index (χ0) is 17.1. The first-order valence-electron chi connectivity index (χ1n) is 7.41. The first kappa shape index (κ1) is 16.5. The van der Waals surface area contributed by atoms with Gasteiger partial charge < -0.3 is 20.1 Å². The first-order chi connectivity index (χ1) is 11.5. The van der Waals surface area contributed by atoms with Crippen LogP contribution in [0.2, 0.25) is 5.02 Å². The van der Waals surface area contributed by atoms with Crippen LogP contribution in [0, 0.1) is 5.82 Å². The largest absolute Gasteiger partial charge is 0.454 e. The molecule has 2 aromatic carbocycles. The number of amides is 1. The molecule has 1 amide bonds. The minimum Gasteiger partial charge on any atom is -0.454 e. The third kappa shape index (κ3) is 3.77. The van der Waals surface area contributed by atoms with E-state index in [9.17, 15) is 9.18 Å². The molecule has 24 heavy (non-hydrogen) atoms. The van der Waals surface area contributed by atoms with E-state index in [-0.39, 0.29) is 17.7 Å². The van der Waals surface area contributed by atoms with Crippen molar-refractivity contribution in [1.29, 1.82) is 0 Å². The normalized spacial score (nSPS) is 13.6. The molecule has 1 aliphatic rings. The number of hydrogen-bond acceptors (Lipinski definition) is 4. The lowest BCUT2D eigenvalue weighted by molar-refractivity contribution is -0.117. The molecule has 2 N–H and O–H groups in total. The zero-order valence-electron chi connectivity index (χ0n) is 12.9. The van der Waals surface area contributed by atoms with E-state index in [0.29, 0.717) is 18.0 Å². The molecule has 0 aliphatic carbocycles. The van der Waals surface area contributed by atoms with E-state index >= 15 is 0 Å². The number of ether oxygens (including phenoxy) is 2. The van der Waals surface area contributed by atoms with Gasteiger partial charge >= 0.3 is 0 Å². The molecular weight excluding hydrogens is 335 g/mol. The van der Waals surface area contributed by atoms with Gasteiger partial charge in [-0.05, 0) is 42.8 Å². The van der Waals surface area contributed by atoms with Crippen LogP contribution < -0.4 is 20.1 Å². The number of carbonyl (C=O) groups excluding carboxylic acids is 1. The molecule has 5 nitrogen and oxygen atoms in total. The second kappa shape index (κ2) is 7.07. The van der Waals surface area contributed by atoms with Crippen molar-refractivity contribution in [3.8, 4) is 11.5 Å². The highest BCUT2D eigenvalue weighted by Crippen LogP contribution is 2.32. The van der Waals surface area contributed by atoms with Crippen molar-refractivity contribution < 1.29 is 18.7 Å². The standard InChI is InChI=1S/C17H16ClFN2O3/c1-10(17(22)21-14-4-3-12(19)7-13(14)18)20-8-11-2-5-15-16(6-11)24-9-23-15/h2-7,10,20H,8-9H2,1H3,(H,21,22)/t10-/m1/s1. The van der Waals surface area contributed by atoms with E-state index in [2.05, 4.69) is 10.6 Å². The lowest BCUT2D eigenvalue weighted by atomic mass is 10.2. The fourth-order valence-corrected chi connectivity index (χ4v) is 2.46. The van der Waals surface area contributed by atoms with Gasteiger partial charge in [0.2, 0.25) is 12.7 Å². The Hall–Kier alpha value is -2.31. The molecule has 0 aromatic heterocycles. The highest BCUT2D eigenvalue weighted by molar-refractivity contribution is 6.33. The Morgan fingerprint density at radius 2 is 2.04 bits per heavy atom. The summed E-state index contributed by atoms with van der Waals surface area (Å²) in [6.45, 7) is 2.45. The van der Waals surface area contributed by atoms with Crippen LogP contribution in [-0.4, -0.2) is 18.7 Å². The van der Waals surface area contributed by atoms with E-state index in [4.69, 9.17) is 21.1 Å². The maximum Gasteiger partial charge on any atom is 0.241 e. The van der Waals surface area contributed by atoms with Gasteiger partial charge in [0, 0.05) is 6.54 Å². The Morgan fingerprint density at radius 3 is 2.83 bits per heavy atom. The number of anilines is 1. The van der Waals surface area contributed by atoms with Gasteiger partial charge in [-0.2, -0.15) is 0 Å². The fraction of sp³-hybridized carbons (Fsp3) is 0.235. The van der Waals surface area contributed by atoms with Crippen LogP contribution in [0.3, 0.4) is 0 Å². The second-order valence-electron chi connectivity index (χ2n) is 5.40. The summed E-state index contributed by atoms with van der Waals surface area (Å²) in [6, 6.07) is 8.98. The van der Waals surface area contributed by atoms with E-state index in [0.717, 1.165) is 17.4 Å². The smallest absolute Gasteiger partial charge is 0.241 e. The van der Waals surface area contributed by atoms with Gasteiger partial charge in [0.05, 0.1) is 16.8 Å². The SMILES string of the molecule is C[C@@H](NCc1ccc2c(c1)OCO2)C(=O)Nc1ccc(F)cc1Cl. The molecular formula is C17H16ClFN2O3. The molecule has 7 heteroatoms. The van der Waals surface area contributed by atoms with Gasteiger partial charge in [0.1, 0.15) is 5.82 Å². The van der Waals surface area contributed by atoms with Gasteiger partial charge in [-0.3, -0.25) is 4.79 Å². The van der Waals surface area contributed by atoms with Crippen molar-refractivity contribution in [3.63, 3.8) is 0 Å². The molecule has 0 unspecified atom stereocenters. The first-order valence-corrected chi connectivity index (χ1v) is 7.78. The van der Waals surface area contributed by atoms with Crippen molar-refractivity contribution in [3.05, 3.63) is 52.8 Å². The maximum absolute atomic E-state index is 13.0. The number of halogens is 2. The molecule has 0 bridgehead atoms. The summed E-state index contributed by atoms with van der Waals surface area (Å²) < 4.78 is 23.6. The van der Waals surface area contributed by atoms with Crippen LogP contribution in [0.5, 0.6) is 11.5 Å². The molecule has 0 saturated heterocycles. The van der Waals surface area contributed by atoms with E-state index < -0.39 is 11.9 Å². The van der Waals surface area contributed by atoms with Gasteiger partial charge in [-0.1, -0.05) is 17.7 Å². The van der Waals surface area contributed by atoms with Crippen LogP contribution in [0.4, 0.5) is 10.1 Å². The van der Waals surface area contributed by atoms with E-state index in [1.165, 1.54) is 12.1 Å². The average Bonchev–Trinajstić information content (AvgIpc) is 3.02. The number of fused-ring (bicyclic) bond motifs is 1. The molecule has 0 fully saturated rings. The van der Waals surface area contributed by atoms with Crippen molar-refractivity contribution in [2.24, 2.45) is 0 Å². The van der Waals surface area contributed by atoms with Crippen LogP contribution in [0.25, 0.3) is 0 Å². The molecule has 1 atom stereocenters. The Kier molecular flexibility index (Phi) is 4.87. The third-order valence-electron chi connectivity index (χ3n) is 3.63. The van der Waals surface area contributed by atoms with Gasteiger partial charge in [-0.15, -0.1) is 0 Å². The van der Waals surface area contributed by atoms with Gasteiger partial charge in [0.25, 0.3) is 0 Å². The summed E-state index contributed by atoms with van der Waals surface area (Å²) in [6.07, 6.45) is 0. The lowest BCUT2D eigenvalue weighted by Crippen LogP contribution is -2.37. The van der Waals surface area contributed by atoms with Crippen LogP contribution in [0.15, 0.2) is 36.4 Å². The third-order valence-corrected chi connectivity index (χ3v) is 3.94. The van der Waals surface area contributed by atoms with Crippen LogP contribution >= 0.6 is 11.6 Å². The van der Waals surface area contributed by atoms with Gasteiger partial charge in [-0.25, -0.2) is 4.39 Å². The highest BCUT2D eigenvalue weighted by Gasteiger charge is 2.16. The number of carbonyl (C=O) groups is 1. The summed E-state index contributed by atoms with van der Waals surface area (Å²) >= 11 is 5.90. The Balaban J connectivity index is 1.56. The average molecular weight is 351 g/mol. The lowest BCUT2D eigenvalue weighted by Gasteiger charge is -2.15.